The molecule has 6 nitrogen and oxygen atoms in total. The summed E-state index contributed by atoms with van der Waals surface area (Å²) in [7, 11) is -4.25. The first kappa shape index (κ1) is 23.3. The number of hydrogen-bond acceptors (Lipinski definition) is 6. The van der Waals surface area contributed by atoms with Gasteiger partial charge in [-0.1, -0.05) is 23.7 Å². The third kappa shape index (κ3) is 3.52. The van der Waals surface area contributed by atoms with Gasteiger partial charge in [-0.25, -0.2) is 17.2 Å². The van der Waals surface area contributed by atoms with Crippen molar-refractivity contribution >= 4 is 21.4 Å². The lowest BCUT2D eigenvalue weighted by molar-refractivity contribution is -0.0723. The minimum Gasteiger partial charge on any atom is -0.490 e. The maximum Gasteiger partial charge on any atom is 0.189 e. The van der Waals surface area contributed by atoms with Crippen LogP contribution in [0.25, 0.3) is 0 Å². The van der Waals surface area contributed by atoms with Crippen molar-refractivity contribution in [2.75, 3.05) is 13.2 Å². The minimum absolute atomic E-state index is 0.0296. The van der Waals surface area contributed by atoms with Gasteiger partial charge in [-0.3, -0.25) is 0 Å². The van der Waals surface area contributed by atoms with E-state index in [1.807, 2.05) is 6.92 Å². The summed E-state index contributed by atoms with van der Waals surface area (Å²) in [6, 6.07) is 9.34. The average Bonchev–Trinajstić information content (AvgIpc) is 3.29. The van der Waals surface area contributed by atoms with Crippen LogP contribution in [0.2, 0.25) is 5.02 Å². The molecule has 0 saturated carbocycles. The molecule has 1 saturated heterocycles. The van der Waals surface area contributed by atoms with E-state index < -0.39 is 38.2 Å². The van der Waals surface area contributed by atoms with Crippen LogP contribution >= 0.6 is 11.6 Å². The molecular formula is C24H22ClF2NO5S. The van der Waals surface area contributed by atoms with E-state index in [0.717, 1.165) is 12.1 Å². The number of aryl methyl sites for hydroxylation is 1. The van der Waals surface area contributed by atoms with Crippen LogP contribution in [0, 0.1) is 17.6 Å². The predicted molar refractivity (Wildman–Crippen MR) is 120 cm³/mol. The molecule has 3 atom stereocenters. The van der Waals surface area contributed by atoms with Crippen LogP contribution < -0.4 is 4.74 Å². The largest absolute Gasteiger partial charge is 0.490 e. The fourth-order valence-corrected chi connectivity index (χ4v) is 7.55. The second kappa shape index (κ2) is 8.62. The molecule has 2 aromatic carbocycles. The second-order valence-corrected chi connectivity index (χ2v) is 11.1. The van der Waals surface area contributed by atoms with E-state index >= 15 is 4.39 Å². The van der Waals surface area contributed by atoms with Gasteiger partial charge in [0.05, 0.1) is 28.9 Å². The molecule has 180 valence electrons. The highest BCUT2D eigenvalue weighted by atomic mass is 35.5. The molecule has 1 fully saturated rings. The number of rotatable bonds is 5. The van der Waals surface area contributed by atoms with Crippen molar-refractivity contribution in [3.63, 3.8) is 0 Å². The van der Waals surface area contributed by atoms with E-state index in [1.54, 1.807) is 6.07 Å². The summed E-state index contributed by atoms with van der Waals surface area (Å²) in [5, 5.41) is 4.41. The van der Waals surface area contributed by atoms with Crippen LogP contribution in [0.1, 0.15) is 30.4 Å². The van der Waals surface area contributed by atoms with Crippen molar-refractivity contribution in [3.8, 4) is 5.75 Å². The Morgan fingerprint density at radius 1 is 1.15 bits per heavy atom. The van der Waals surface area contributed by atoms with Gasteiger partial charge in [-0.2, -0.15) is 0 Å². The minimum atomic E-state index is -4.25. The van der Waals surface area contributed by atoms with Gasteiger partial charge in [0, 0.05) is 36.5 Å². The van der Waals surface area contributed by atoms with Gasteiger partial charge >= 0.3 is 0 Å². The average molecular weight is 510 g/mol. The molecule has 0 unspecified atom stereocenters. The van der Waals surface area contributed by atoms with Crippen LogP contribution in [-0.2, 0) is 32.2 Å². The maximum absolute atomic E-state index is 15.4. The van der Waals surface area contributed by atoms with Gasteiger partial charge < -0.3 is 14.0 Å². The van der Waals surface area contributed by atoms with E-state index in [0.29, 0.717) is 22.9 Å². The highest BCUT2D eigenvalue weighted by Gasteiger charge is 2.61. The van der Waals surface area contributed by atoms with Crippen molar-refractivity contribution in [1.82, 2.24) is 5.16 Å². The van der Waals surface area contributed by atoms with Gasteiger partial charge in [-0.05, 0) is 42.8 Å². The fraction of sp³-hybridized carbons (Fsp3) is 0.375. The van der Waals surface area contributed by atoms with Crippen molar-refractivity contribution in [1.29, 1.82) is 0 Å². The molecule has 0 spiro atoms. The van der Waals surface area contributed by atoms with Crippen LogP contribution in [-0.4, -0.2) is 32.9 Å². The topological polar surface area (TPSA) is 78.6 Å². The number of halogens is 3. The van der Waals surface area contributed by atoms with Crippen molar-refractivity contribution < 1.29 is 31.2 Å². The zero-order valence-corrected chi connectivity index (χ0v) is 19.8. The first-order valence-electron chi connectivity index (χ1n) is 11.0. The summed E-state index contributed by atoms with van der Waals surface area (Å²) in [6.45, 7) is 1.79. The zero-order valence-electron chi connectivity index (χ0n) is 18.3. The summed E-state index contributed by atoms with van der Waals surface area (Å²) in [4.78, 5) is -0.0335. The highest BCUT2D eigenvalue weighted by Crippen LogP contribution is 2.55. The van der Waals surface area contributed by atoms with E-state index in [1.165, 1.54) is 24.3 Å². The maximum atomic E-state index is 15.4. The first-order chi connectivity index (χ1) is 16.3. The monoisotopic (exact) mass is 509 g/mol. The van der Waals surface area contributed by atoms with E-state index in [2.05, 4.69) is 5.16 Å². The SMILES string of the molecule is CCc1cc(C[C@@H]2OCC[C@@]3(S(=O)(=O)c4ccc(Cl)cc4)c4c(F)ccc(F)c4OC[C@@H]23)no1. The Morgan fingerprint density at radius 2 is 1.88 bits per heavy atom. The molecule has 2 aliphatic heterocycles. The molecule has 3 aromatic rings. The van der Waals surface area contributed by atoms with Crippen LogP contribution in [0.4, 0.5) is 8.78 Å². The Morgan fingerprint density at radius 3 is 2.59 bits per heavy atom. The molecule has 0 aliphatic carbocycles. The molecule has 3 heterocycles. The van der Waals surface area contributed by atoms with Gasteiger partial charge in [0.1, 0.15) is 16.3 Å². The quantitative estimate of drug-likeness (QED) is 0.488. The molecular weight excluding hydrogens is 488 g/mol. The van der Waals surface area contributed by atoms with E-state index in [-0.39, 0.29) is 42.3 Å². The van der Waals surface area contributed by atoms with Crippen LogP contribution in [0.5, 0.6) is 5.75 Å². The van der Waals surface area contributed by atoms with E-state index in [9.17, 15) is 12.8 Å². The molecule has 34 heavy (non-hydrogen) atoms. The number of nitrogens with zero attached hydrogens (tertiary/aromatic N) is 1. The van der Waals surface area contributed by atoms with Gasteiger partial charge in [0.25, 0.3) is 0 Å². The van der Waals surface area contributed by atoms with Crippen molar-refractivity contribution in [2.45, 2.75) is 41.9 Å². The third-order valence-electron chi connectivity index (χ3n) is 6.71. The number of hydrogen-bond donors (Lipinski definition) is 0. The Bertz CT molecular complexity index is 1330. The summed E-state index contributed by atoms with van der Waals surface area (Å²) >= 11 is 5.98. The molecule has 0 N–H and O–H groups in total. The first-order valence-corrected chi connectivity index (χ1v) is 12.8. The number of benzene rings is 2. The lowest BCUT2D eigenvalue weighted by atomic mass is 9.75. The number of fused-ring (bicyclic) bond motifs is 3. The number of sulfone groups is 1. The van der Waals surface area contributed by atoms with Gasteiger partial charge in [0.15, 0.2) is 21.4 Å². The summed E-state index contributed by atoms with van der Waals surface area (Å²) < 4.78 is 73.8. The van der Waals surface area contributed by atoms with Gasteiger partial charge in [-0.15, -0.1) is 0 Å². The molecule has 0 radical (unpaired) electrons. The standard InChI is InChI=1S/C24H22ClF2NO5S/c1-2-16-11-15(28-33-16)12-21-18-13-32-23-20(27)8-7-19(26)22(23)24(18,9-10-31-21)34(29,30)17-5-3-14(25)4-6-17/h3-8,11,18,21H,2,9-10,12-13H2,1H3/t18-,21-,24-/m0/s1. The lowest BCUT2D eigenvalue weighted by Crippen LogP contribution is -2.58. The lowest BCUT2D eigenvalue weighted by Gasteiger charge is -2.50. The highest BCUT2D eigenvalue weighted by molar-refractivity contribution is 7.92. The molecule has 2 aliphatic rings. The summed E-state index contributed by atoms with van der Waals surface area (Å²) in [5.74, 6) is -2.16. The van der Waals surface area contributed by atoms with Gasteiger partial charge in [0.2, 0.25) is 0 Å². The number of aromatic nitrogens is 1. The summed E-state index contributed by atoms with van der Waals surface area (Å²) in [6.07, 6.45) is 0.149. The number of ether oxygens (including phenoxy) is 2. The zero-order chi connectivity index (χ0) is 24.1. The Labute approximate surface area is 200 Å². The molecule has 0 amide bonds. The second-order valence-electron chi connectivity index (χ2n) is 8.50. The Balaban J connectivity index is 1.69. The Kier molecular flexibility index (Phi) is 5.90. The van der Waals surface area contributed by atoms with E-state index in [4.69, 9.17) is 25.6 Å². The van der Waals surface area contributed by atoms with Crippen molar-refractivity contribution in [3.05, 3.63) is 76.1 Å². The predicted octanol–water partition coefficient (Wildman–Crippen LogP) is 4.88. The third-order valence-corrected chi connectivity index (χ3v) is 9.53. The molecule has 10 heteroatoms. The normalized spacial score (nSPS) is 24.2. The molecule has 1 aromatic heterocycles. The van der Waals surface area contributed by atoms with Crippen molar-refractivity contribution in [2.24, 2.45) is 5.92 Å². The summed E-state index contributed by atoms with van der Waals surface area (Å²) in [5.41, 5.74) is 0.299. The smallest absolute Gasteiger partial charge is 0.189 e. The van der Waals surface area contributed by atoms with Crippen LogP contribution in [0.15, 0.2) is 51.9 Å². The molecule has 0 bridgehead atoms. The van der Waals surface area contributed by atoms with Crippen LogP contribution in [0.3, 0.4) is 0 Å². The fourth-order valence-electron chi connectivity index (χ4n) is 5.08. The molecule has 5 rings (SSSR count). The Hall–Kier alpha value is -2.49.